The number of nitrogens with one attached hydrogen (secondary N) is 1. The van der Waals surface area contributed by atoms with Gasteiger partial charge >= 0.3 is 0 Å². The second-order valence-electron chi connectivity index (χ2n) is 6.62. The number of hydrogen-bond acceptors (Lipinski definition) is 6. The molecule has 0 radical (unpaired) electrons. The molecule has 0 unspecified atom stereocenters. The van der Waals surface area contributed by atoms with Crippen molar-refractivity contribution in [2.45, 2.75) is 9.79 Å². The number of amides is 1. The smallest absolute Gasteiger partial charge is 0.283 e. The molecule has 1 heterocycles. The SMILES string of the molecule is O=C(CSc1ccc(/C=C2\Sc3ccccc3C2=O)cc1[N+](=O)[O-])Nc1ccccc1. The van der Waals surface area contributed by atoms with Crippen molar-refractivity contribution in [1.29, 1.82) is 0 Å². The fraction of sp³-hybridized carbons (Fsp3) is 0.0435. The minimum Gasteiger partial charge on any atom is -0.325 e. The second kappa shape index (κ2) is 9.20. The number of allylic oxidation sites excluding steroid dienone is 1. The number of thioether (sulfide) groups is 2. The van der Waals surface area contributed by atoms with Crippen LogP contribution in [0.1, 0.15) is 15.9 Å². The van der Waals surface area contributed by atoms with Gasteiger partial charge in [0.25, 0.3) is 5.69 Å². The molecule has 154 valence electrons. The molecular weight excluding hydrogens is 432 g/mol. The van der Waals surface area contributed by atoms with Crippen LogP contribution in [-0.4, -0.2) is 22.4 Å². The third kappa shape index (κ3) is 4.87. The minimum atomic E-state index is -0.474. The molecule has 4 rings (SSSR count). The van der Waals surface area contributed by atoms with E-state index in [1.54, 1.807) is 36.4 Å². The van der Waals surface area contributed by atoms with Crippen molar-refractivity contribution in [2.24, 2.45) is 0 Å². The van der Waals surface area contributed by atoms with E-state index in [0.29, 0.717) is 26.6 Å². The molecule has 1 aliphatic rings. The van der Waals surface area contributed by atoms with Gasteiger partial charge in [-0.2, -0.15) is 0 Å². The van der Waals surface area contributed by atoms with Crippen molar-refractivity contribution in [1.82, 2.24) is 0 Å². The lowest BCUT2D eigenvalue weighted by Gasteiger charge is -2.06. The number of para-hydroxylation sites is 1. The van der Waals surface area contributed by atoms with Gasteiger partial charge in [0.2, 0.25) is 11.7 Å². The molecule has 1 aliphatic heterocycles. The zero-order valence-electron chi connectivity index (χ0n) is 16.1. The van der Waals surface area contributed by atoms with Crippen molar-refractivity contribution in [2.75, 3.05) is 11.1 Å². The number of anilines is 1. The predicted octanol–water partition coefficient (Wildman–Crippen LogP) is 5.66. The summed E-state index contributed by atoms with van der Waals surface area (Å²) in [7, 11) is 0. The Morgan fingerprint density at radius 2 is 1.81 bits per heavy atom. The van der Waals surface area contributed by atoms with Crippen molar-refractivity contribution >= 4 is 52.7 Å². The first-order valence-corrected chi connectivity index (χ1v) is 11.1. The monoisotopic (exact) mass is 448 g/mol. The number of Topliss-reactive ketones (excluding diaryl/α,β-unsaturated/α-hetero) is 1. The summed E-state index contributed by atoms with van der Waals surface area (Å²) >= 11 is 2.45. The van der Waals surface area contributed by atoms with Crippen LogP contribution in [0.2, 0.25) is 0 Å². The van der Waals surface area contributed by atoms with Gasteiger partial charge in [-0.1, -0.05) is 48.2 Å². The van der Waals surface area contributed by atoms with Crippen LogP contribution in [0.25, 0.3) is 6.08 Å². The van der Waals surface area contributed by atoms with E-state index in [9.17, 15) is 19.7 Å². The molecule has 1 N–H and O–H groups in total. The van der Waals surface area contributed by atoms with E-state index in [4.69, 9.17) is 0 Å². The standard InChI is InChI=1S/C23H16N2O4S2/c26-22(24-16-6-2-1-3-7-16)14-30-20-11-10-15(12-18(20)25(28)29)13-21-23(27)17-8-4-5-9-19(17)31-21/h1-13H,14H2,(H,24,26)/b21-13-. The molecule has 3 aromatic carbocycles. The maximum absolute atomic E-state index is 12.5. The molecule has 1 amide bonds. The Kier molecular flexibility index (Phi) is 6.20. The normalized spacial score (nSPS) is 13.8. The summed E-state index contributed by atoms with van der Waals surface area (Å²) in [6.07, 6.45) is 1.66. The molecular formula is C23H16N2O4S2. The Bertz CT molecular complexity index is 1210. The number of fused-ring (bicyclic) bond motifs is 1. The third-order valence-corrected chi connectivity index (χ3v) is 6.63. The van der Waals surface area contributed by atoms with Gasteiger partial charge in [0, 0.05) is 22.2 Å². The molecule has 0 atom stereocenters. The van der Waals surface area contributed by atoms with Gasteiger partial charge in [-0.15, -0.1) is 11.8 Å². The Hall–Kier alpha value is -3.36. The maximum atomic E-state index is 12.5. The first-order valence-electron chi connectivity index (χ1n) is 9.31. The molecule has 3 aromatic rings. The topological polar surface area (TPSA) is 89.3 Å². The zero-order chi connectivity index (χ0) is 21.8. The Balaban J connectivity index is 1.49. The number of ketones is 1. The van der Waals surface area contributed by atoms with E-state index >= 15 is 0 Å². The third-order valence-electron chi connectivity index (χ3n) is 4.47. The molecule has 0 saturated heterocycles. The summed E-state index contributed by atoms with van der Waals surface area (Å²) in [4.78, 5) is 37.6. The van der Waals surface area contributed by atoms with Gasteiger partial charge in [0.15, 0.2) is 0 Å². The lowest BCUT2D eigenvalue weighted by molar-refractivity contribution is -0.387. The van der Waals surface area contributed by atoms with Crippen LogP contribution < -0.4 is 5.32 Å². The summed E-state index contributed by atoms with van der Waals surface area (Å²) in [6.45, 7) is 0. The number of benzene rings is 3. The van der Waals surface area contributed by atoms with Crippen molar-refractivity contribution < 1.29 is 14.5 Å². The molecule has 8 heteroatoms. The highest BCUT2D eigenvalue weighted by Gasteiger charge is 2.25. The van der Waals surface area contributed by atoms with E-state index in [-0.39, 0.29) is 23.1 Å². The number of carbonyl (C=O) groups is 2. The van der Waals surface area contributed by atoms with Crippen LogP contribution in [0.3, 0.4) is 0 Å². The summed E-state index contributed by atoms with van der Waals surface area (Å²) in [5.41, 5.74) is 1.78. The van der Waals surface area contributed by atoms with E-state index in [0.717, 1.165) is 16.7 Å². The summed E-state index contributed by atoms with van der Waals surface area (Å²) in [5.74, 6) is -0.290. The first kappa shape index (κ1) is 20.9. The molecule has 0 saturated carbocycles. The maximum Gasteiger partial charge on any atom is 0.283 e. The van der Waals surface area contributed by atoms with E-state index in [2.05, 4.69) is 5.32 Å². The highest BCUT2D eigenvalue weighted by molar-refractivity contribution is 8.04. The van der Waals surface area contributed by atoms with Crippen LogP contribution in [0.15, 0.2) is 87.5 Å². The number of nitro benzene ring substituents is 1. The molecule has 0 spiro atoms. The van der Waals surface area contributed by atoms with E-state index in [1.807, 2.05) is 36.4 Å². The van der Waals surface area contributed by atoms with Crippen LogP contribution in [0.4, 0.5) is 11.4 Å². The van der Waals surface area contributed by atoms with E-state index in [1.165, 1.54) is 17.8 Å². The molecule has 0 fully saturated rings. The average Bonchev–Trinajstić information content (AvgIpc) is 3.09. The van der Waals surface area contributed by atoms with Gasteiger partial charge in [-0.05, 0) is 42.0 Å². The quantitative estimate of drug-likeness (QED) is 0.227. The molecule has 0 bridgehead atoms. The van der Waals surface area contributed by atoms with Gasteiger partial charge < -0.3 is 5.32 Å². The fourth-order valence-electron chi connectivity index (χ4n) is 3.04. The number of carbonyl (C=O) groups excluding carboxylic acids is 2. The lowest BCUT2D eigenvalue weighted by atomic mass is 10.1. The number of rotatable bonds is 6. The Labute approximate surface area is 186 Å². The van der Waals surface area contributed by atoms with Crippen LogP contribution in [0.5, 0.6) is 0 Å². The van der Waals surface area contributed by atoms with Crippen molar-refractivity contribution in [3.05, 3.63) is 98.9 Å². The first-order chi connectivity index (χ1) is 15.0. The molecule has 0 aliphatic carbocycles. The van der Waals surface area contributed by atoms with Gasteiger partial charge in [-0.25, -0.2) is 0 Å². The summed E-state index contributed by atoms with van der Waals surface area (Å²) in [5, 5.41) is 14.3. The lowest BCUT2D eigenvalue weighted by Crippen LogP contribution is -2.13. The van der Waals surface area contributed by atoms with Gasteiger partial charge in [0.05, 0.1) is 20.5 Å². The molecule has 6 nitrogen and oxygen atoms in total. The van der Waals surface area contributed by atoms with Gasteiger partial charge in [-0.3, -0.25) is 19.7 Å². The zero-order valence-corrected chi connectivity index (χ0v) is 17.7. The highest BCUT2D eigenvalue weighted by atomic mass is 32.2. The summed E-state index contributed by atoms with van der Waals surface area (Å²) in [6, 6.07) is 21.1. The predicted molar refractivity (Wildman–Crippen MR) is 123 cm³/mol. The Morgan fingerprint density at radius 3 is 2.55 bits per heavy atom. The number of nitrogens with zero attached hydrogens (tertiary/aromatic N) is 1. The second-order valence-corrected chi connectivity index (χ2v) is 8.72. The van der Waals surface area contributed by atoms with Crippen LogP contribution >= 0.6 is 23.5 Å². The van der Waals surface area contributed by atoms with Crippen LogP contribution in [-0.2, 0) is 4.79 Å². The van der Waals surface area contributed by atoms with Crippen molar-refractivity contribution in [3.8, 4) is 0 Å². The average molecular weight is 449 g/mol. The van der Waals surface area contributed by atoms with Crippen molar-refractivity contribution in [3.63, 3.8) is 0 Å². The summed E-state index contributed by atoms with van der Waals surface area (Å²) < 4.78 is 0. The van der Waals surface area contributed by atoms with E-state index < -0.39 is 4.92 Å². The Morgan fingerprint density at radius 1 is 1.06 bits per heavy atom. The largest absolute Gasteiger partial charge is 0.325 e. The minimum absolute atomic E-state index is 0.0415. The fourth-order valence-corrected chi connectivity index (χ4v) is 4.89. The number of nitro groups is 1. The van der Waals surface area contributed by atoms with Crippen LogP contribution in [0, 0.1) is 10.1 Å². The molecule has 0 aromatic heterocycles. The highest BCUT2D eigenvalue weighted by Crippen LogP contribution is 2.41. The van der Waals surface area contributed by atoms with Gasteiger partial charge in [0.1, 0.15) is 0 Å². The molecule has 31 heavy (non-hydrogen) atoms. The number of hydrogen-bond donors (Lipinski definition) is 1.